The summed E-state index contributed by atoms with van der Waals surface area (Å²) in [6, 6.07) is 11.3. The highest BCUT2D eigenvalue weighted by atomic mass is 32.1. The van der Waals surface area contributed by atoms with Gasteiger partial charge in [0.25, 0.3) is 5.91 Å². The minimum absolute atomic E-state index is 0.00777. The molecule has 0 aliphatic heterocycles. The molecule has 1 atom stereocenters. The van der Waals surface area contributed by atoms with Crippen LogP contribution < -0.4 is 15.6 Å². The van der Waals surface area contributed by atoms with Gasteiger partial charge in [0.15, 0.2) is 17.7 Å². The van der Waals surface area contributed by atoms with Crippen molar-refractivity contribution in [2.45, 2.75) is 19.4 Å². The molecule has 2 heterocycles. The summed E-state index contributed by atoms with van der Waals surface area (Å²) in [5.74, 6) is -1.66. The van der Waals surface area contributed by atoms with Crippen LogP contribution in [0.25, 0.3) is 10.7 Å². The molecule has 0 saturated carbocycles. The Bertz CT molecular complexity index is 965. The van der Waals surface area contributed by atoms with Crippen molar-refractivity contribution in [1.29, 1.82) is 0 Å². The third-order valence-electron chi connectivity index (χ3n) is 3.61. The third kappa shape index (κ3) is 5.10. The largest absolute Gasteiger partial charge is 0.478 e. The highest BCUT2D eigenvalue weighted by Crippen LogP contribution is 2.21. The molecule has 2 aromatic heterocycles. The van der Waals surface area contributed by atoms with Crippen LogP contribution in [0.2, 0.25) is 0 Å². The number of benzene rings is 1. The van der Waals surface area contributed by atoms with Gasteiger partial charge in [0.2, 0.25) is 5.91 Å². The molecule has 0 saturated heterocycles. The Morgan fingerprint density at radius 1 is 1.18 bits per heavy atom. The highest BCUT2D eigenvalue weighted by molar-refractivity contribution is 7.13. The van der Waals surface area contributed by atoms with Gasteiger partial charge in [-0.05, 0) is 31.2 Å². The van der Waals surface area contributed by atoms with Crippen LogP contribution in [0.1, 0.15) is 12.6 Å². The lowest BCUT2D eigenvalue weighted by Gasteiger charge is -2.15. The number of carbonyl (C=O) groups excluding carboxylic acids is 2. The van der Waals surface area contributed by atoms with Crippen molar-refractivity contribution in [1.82, 2.24) is 20.8 Å². The van der Waals surface area contributed by atoms with Gasteiger partial charge in [-0.2, -0.15) is 0 Å². The van der Waals surface area contributed by atoms with Crippen LogP contribution in [0.5, 0.6) is 5.75 Å². The summed E-state index contributed by atoms with van der Waals surface area (Å²) in [4.78, 5) is 32.6. The fourth-order valence-electron chi connectivity index (χ4n) is 2.22. The molecular formula is C19H17FN4O3S. The maximum Gasteiger partial charge on any atom is 0.279 e. The molecule has 2 N–H and O–H groups in total. The number of hydrogen-bond donors (Lipinski definition) is 2. The fraction of sp³-hybridized carbons (Fsp3) is 0.158. The van der Waals surface area contributed by atoms with Gasteiger partial charge in [0.05, 0.1) is 17.8 Å². The molecule has 28 heavy (non-hydrogen) atoms. The van der Waals surface area contributed by atoms with Crippen molar-refractivity contribution in [3.63, 3.8) is 0 Å². The quantitative estimate of drug-likeness (QED) is 0.620. The highest BCUT2D eigenvalue weighted by Gasteiger charge is 2.17. The molecule has 0 spiro atoms. The minimum atomic E-state index is -0.993. The molecule has 1 aromatic carbocycles. The Balaban J connectivity index is 1.48. The van der Waals surface area contributed by atoms with E-state index in [4.69, 9.17) is 4.74 Å². The number of amides is 2. The molecule has 0 aliphatic rings. The topological polar surface area (TPSA) is 93.2 Å². The average molecular weight is 400 g/mol. The first-order valence-corrected chi connectivity index (χ1v) is 9.26. The number of ether oxygens (including phenoxy) is 1. The van der Waals surface area contributed by atoms with Gasteiger partial charge >= 0.3 is 0 Å². The lowest BCUT2D eigenvalue weighted by atomic mass is 10.3. The first-order chi connectivity index (χ1) is 13.5. The van der Waals surface area contributed by atoms with Crippen LogP contribution in [0.3, 0.4) is 0 Å². The second-order valence-electron chi connectivity index (χ2n) is 5.76. The Morgan fingerprint density at radius 2 is 1.96 bits per heavy atom. The lowest BCUT2D eigenvalue weighted by molar-refractivity contribution is -0.132. The number of hydrazine groups is 1. The first-order valence-electron chi connectivity index (χ1n) is 8.38. The summed E-state index contributed by atoms with van der Waals surface area (Å²) in [7, 11) is 0. The number of halogens is 1. The van der Waals surface area contributed by atoms with Crippen molar-refractivity contribution < 1.29 is 18.7 Å². The van der Waals surface area contributed by atoms with Gasteiger partial charge < -0.3 is 4.74 Å². The van der Waals surface area contributed by atoms with E-state index in [0.717, 1.165) is 5.69 Å². The van der Waals surface area contributed by atoms with Crippen LogP contribution in [-0.2, 0) is 16.0 Å². The zero-order valence-electron chi connectivity index (χ0n) is 14.9. The average Bonchev–Trinajstić information content (AvgIpc) is 3.17. The summed E-state index contributed by atoms with van der Waals surface area (Å²) >= 11 is 1.38. The van der Waals surface area contributed by atoms with Crippen molar-refractivity contribution in [3.8, 4) is 16.5 Å². The normalized spacial score (nSPS) is 11.5. The smallest absolute Gasteiger partial charge is 0.279 e. The summed E-state index contributed by atoms with van der Waals surface area (Å²) in [5, 5.41) is 2.47. The summed E-state index contributed by atoms with van der Waals surface area (Å²) < 4.78 is 18.8. The Hall–Kier alpha value is -3.33. The van der Waals surface area contributed by atoms with E-state index in [2.05, 4.69) is 20.8 Å². The maximum atomic E-state index is 13.6. The monoisotopic (exact) mass is 400 g/mol. The molecule has 144 valence electrons. The number of nitrogens with zero attached hydrogens (tertiary/aromatic N) is 2. The molecule has 2 amide bonds. The van der Waals surface area contributed by atoms with Crippen LogP contribution in [-0.4, -0.2) is 27.9 Å². The zero-order chi connectivity index (χ0) is 19.9. The number of aromatic nitrogens is 2. The Morgan fingerprint density at radius 3 is 2.71 bits per heavy atom. The van der Waals surface area contributed by atoms with Gasteiger partial charge in [0, 0.05) is 11.6 Å². The van der Waals surface area contributed by atoms with E-state index in [-0.39, 0.29) is 12.2 Å². The lowest BCUT2D eigenvalue weighted by Crippen LogP contribution is -2.47. The van der Waals surface area contributed by atoms with Crippen molar-refractivity contribution in [3.05, 3.63) is 65.6 Å². The molecule has 0 bridgehead atoms. The molecular weight excluding hydrogens is 383 g/mol. The predicted molar refractivity (Wildman–Crippen MR) is 102 cm³/mol. The number of rotatable bonds is 6. The number of pyridine rings is 1. The number of nitrogens with one attached hydrogen (secondary N) is 2. The number of para-hydroxylation sites is 1. The van der Waals surface area contributed by atoms with Gasteiger partial charge in [-0.1, -0.05) is 18.2 Å². The standard InChI is InChI=1S/C19H17FN4O3S/c1-12(27-16-8-3-2-6-14(16)20)18(26)24-23-17(25)10-13-11-28-19(22-13)15-7-4-5-9-21-15/h2-9,11-12H,10H2,1H3,(H,23,25)(H,24,26). The van der Waals surface area contributed by atoms with Gasteiger partial charge in [0.1, 0.15) is 5.01 Å². The van der Waals surface area contributed by atoms with Crippen molar-refractivity contribution >= 4 is 23.2 Å². The van der Waals surface area contributed by atoms with E-state index >= 15 is 0 Å². The predicted octanol–water partition coefficient (Wildman–Crippen LogP) is 2.50. The van der Waals surface area contributed by atoms with Crippen LogP contribution >= 0.6 is 11.3 Å². The number of thiazole rings is 1. The number of hydrogen-bond acceptors (Lipinski definition) is 6. The molecule has 3 aromatic rings. The second-order valence-corrected chi connectivity index (χ2v) is 6.62. The van der Waals surface area contributed by atoms with Crippen LogP contribution in [0.15, 0.2) is 54.0 Å². The van der Waals surface area contributed by atoms with Crippen molar-refractivity contribution in [2.24, 2.45) is 0 Å². The zero-order valence-corrected chi connectivity index (χ0v) is 15.7. The summed E-state index contributed by atoms with van der Waals surface area (Å²) in [6.45, 7) is 1.45. The Labute approximate surface area is 164 Å². The van der Waals surface area contributed by atoms with Gasteiger partial charge in [-0.25, -0.2) is 9.37 Å². The van der Waals surface area contributed by atoms with Gasteiger partial charge in [-0.15, -0.1) is 11.3 Å². The van der Waals surface area contributed by atoms with E-state index in [1.807, 2.05) is 18.2 Å². The summed E-state index contributed by atoms with van der Waals surface area (Å²) in [5.41, 5.74) is 5.85. The van der Waals surface area contributed by atoms with Crippen LogP contribution in [0, 0.1) is 5.82 Å². The maximum absolute atomic E-state index is 13.6. The molecule has 3 rings (SSSR count). The van der Waals surface area contributed by atoms with E-state index in [1.165, 1.54) is 36.5 Å². The van der Waals surface area contributed by atoms with E-state index < -0.39 is 23.7 Å². The third-order valence-corrected chi connectivity index (χ3v) is 4.53. The second kappa shape index (κ2) is 9.05. The summed E-state index contributed by atoms with van der Waals surface area (Å²) in [6.07, 6.45) is 0.669. The molecule has 1 unspecified atom stereocenters. The molecule has 0 aliphatic carbocycles. The number of carbonyl (C=O) groups is 2. The van der Waals surface area contributed by atoms with E-state index in [1.54, 1.807) is 17.6 Å². The van der Waals surface area contributed by atoms with Crippen LogP contribution in [0.4, 0.5) is 4.39 Å². The molecule has 9 heteroatoms. The molecule has 7 nitrogen and oxygen atoms in total. The fourth-order valence-corrected chi connectivity index (χ4v) is 3.02. The first kappa shape index (κ1) is 19.4. The van der Waals surface area contributed by atoms with Crippen molar-refractivity contribution in [2.75, 3.05) is 0 Å². The SMILES string of the molecule is CC(Oc1ccccc1F)C(=O)NNC(=O)Cc1csc(-c2ccccn2)n1. The van der Waals surface area contributed by atoms with Gasteiger partial charge in [-0.3, -0.25) is 25.4 Å². The van der Waals surface area contributed by atoms with E-state index in [0.29, 0.717) is 10.7 Å². The minimum Gasteiger partial charge on any atom is -0.478 e. The van der Waals surface area contributed by atoms with E-state index in [9.17, 15) is 14.0 Å². The molecule has 0 radical (unpaired) electrons. The molecule has 0 fully saturated rings. The Kier molecular flexibility index (Phi) is 6.28.